The minimum atomic E-state index is 0.382. The van der Waals surface area contributed by atoms with Gasteiger partial charge in [-0.3, -0.25) is 4.90 Å². The van der Waals surface area contributed by atoms with E-state index in [1.54, 1.807) is 14.2 Å². The number of likely N-dealkylation sites (N-methyl/N-ethyl adjacent to an activating group) is 1. The van der Waals surface area contributed by atoms with E-state index in [2.05, 4.69) is 31.0 Å². The number of hydrogen-bond acceptors (Lipinski definition) is 3. The summed E-state index contributed by atoms with van der Waals surface area (Å²) in [4.78, 5) is 2.31. The van der Waals surface area contributed by atoms with Gasteiger partial charge in [0.25, 0.3) is 0 Å². The number of benzene rings is 2. The molecule has 2 rings (SSSR count). The van der Waals surface area contributed by atoms with E-state index in [9.17, 15) is 0 Å². The van der Waals surface area contributed by atoms with Gasteiger partial charge in [-0.2, -0.15) is 0 Å². The van der Waals surface area contributed by atoms with Gasteiger partial charge in [-0.1, -0.05) is 35.9 Å². The number of halogens is 1. The van der Waals surface area contributed by atoms with Gasteiger partial charge < -0.3 is 9.47 Å². The van der Waals surface area contributed by atoms with Gasteiger partial charge in [0.2, 0.25) is 0 Å². The van der Waals surface area contributed by atoms with Gasteiger partial charge in [-0.05, 0) is 49.7 Å². The van der Waals surface area contributed by atoms with Crippen molar-refractivity contribution in [3.63, 3.8) is 0 Å². The van der Waals surface area contributed by atoms with Crippen molar-refractivity contribution in [3.8, 4) is 11.5 Å². The summed E-state index contributed by atoms with van der Waals surface area (Å²) in [6, 6.07) is 14.5. The first kappa shape index (κ1) is 17.6. The molecule has 1 unspecified atom stereocenters. The van der Waals surface area contributed by atoms with Crippen LogP contribution in [0.5, 0.6) is 11.5 Å². The predicted octanol–water partition coefficient (Wildman–Crippen LogP) is 4.42. The second-order valence-corrected chi connectivity index (χ2v) is 6.16. The Morgan fingerprint density at radius 1 is 1.04 bits per heavy atom. The molecule has 0 radical (unpaired) electrons. The first-order valence-corrected chi connectivity index (χ1v) is 8.07. The fourth-order valence-corrected chi connectivity index (χ4v) is 2.88. The Labute approximate surface area is 143 Å². The molecule has 0 amide bonds. The molecule has 2 aromatic rings. The summed E-state index contributed by atoms with van der Waals surface area (Å²) in [5.41, 5.74) is 2.40. The third-order valence-corrected chi connectivity index (χ3v) is 4.40. The molecule has 0 aromatic heterocycles. The van der Waals surface area contributed by atoms with E-state index in [1.807, 2.05) is 30.3 Å². The summed E-state index contributed by atoms with van der Waals surface area (Å²) < 4.78 is 10.6. The van der Waals surface area contributed by atoms with Crippen LogP contribution in [-0.2, 0) is 13.0 Å². The zero-order chi connectivity index (χ0) is 16.8. The van der Waals surface area contributed by atoms with E-state index in [0.29, 0.717) is 16.8 Å². The van der Waals surface area contributed by atoms with E-state index in [4.69, 9.17) is 21.1 Å². The first-order valence-electron chi connectivity index (χ1n) is 7.69. The molecule has 0 spiro atoms. The van der Waals surface area contributed by atoms with Gasteiger partial charge in [0.05, 0.1) is 19.2 Å². The molecular weight excluding hydrogens is 310 g/mol. The highest BCUT2D eigenvalue weighted by molar-refractivity contribution is 6.32. The maximum atomic E-state index is 6.20. The molecule has 3 nitrogen and oxygen atoms in total. The standard InChI is InChI=1S/C19H24ClNO2/c1-14(11-16-7-5-6-8-18(16)22-3)21(2)13-15-9-10-19(23-4)17(20)12-15/h5-10,12,14H,11,13H2,1-4H3. The summed E-state index contributed by atoms with van der Waals surface area (Å²) in [7, 11) is 5.47. The van der Waals surface area contributed by atoms with Crippen molar-refractivity contribution in [3.05, 3.63) is 58.6 Å². The third-order valence-electron chi connectivity index (χ3n) is 4.11. The molecule has 0 aliphatic rings. The molecule has 0 bridgehead atoms. The lowest BCUT2D eigenvalue weighted by molar-refractivity contribution is 0.246. The second kappa shape index (κ2) is 8.23. The number of hydrogen-bond donors (Lipinski definition) is 0. The number of nitrogens with zero attached hydrogens (tertiary/aromatic N) is 1. The summed E-state index contributed by atoms with van der Waals surface area (Å²) in [6.45, 7) is 3.05. The molecule has 1 atom stereocenters. The largest absolute Gasteiger partial charge is 0.496 e. The van der Waals surface area contributed by atoms with Gasteiger partial charge in [-0.15, -0.1) is 0 Å². The van der Waals surface area contributed by atoms with E-state index in [0.717, 1.165) is 18.7 Å². The highest BCUT2D eigenvalue weighted by Gasteiger charge is 2.13. The average Bonchev–Trinajstić information content (AvgIpc) is 2.55. The van der Waals surface area contributed by atoms with Crippen LogP contribution in [0.1, 0.15) is 18.1 Å². The minimum absolute atomic E-state index is 0.382. The van der Waals surface area contributed by atoms with E-state index in [-0.39, 0.29) is 0 Å². The van der Waals surface area contributed by atoms with Crippen LogP contribution >= 0.6 is 11.6 Å². The first-order chi connectivity index (χ1) is 11.0. The topological polar surface area (TPSA) is 21.7 Å². The smallest absolute Gasteiger partial charge is 0.137 e. The molecule has 124 valence electrons. The highest BCUT2D eigenvalue weighted by Crippen LogP contribution is 2.26. The van der Waals surface area contributed by atoms with Crippen molar-refractivity contribution in [2.75, 3.05) is 21.3 Å². The Balaban J connectivity index is 2.02. The van der Waals surface area contributed by atoms with E-state index >= 15 is 0 Å². The quantitative estimate of drug-likeness (QED) is 0.748. The molecule has 0 heterocycles. The van der Waals surface area contributed by atoms with Crippen molar-refractivity contribution in [1.29, 1.82) is 0 Å². The molecule has 0 saturated carbocycles. The molecule has 4 heteroatoms. The van der Waals surface area contributed by atoms with Crippen molar-refractivity contribution in [2.45, 2.75) is 25.9 Å². The van der Waals surface area contributed by atoms with Gasteiger partial charge >= 0.3 is 0 Å². The van der Waals surface area contributed by atoms with Gasteiger partial charge in [0.15, 0.2) is 0 Å². The highest BCUT2D eigenvalue weighted by atomic mass is 35.5. The Kier molecular flexibility index (Phi) is 6.31. The zero-order valence-electron chi connectivity index (χ0n) is 14.2. The SMILES string of the molecule is COc1ccc(CN(C)C(C)Cc2ccccc2OC)cc1Cl. The molecular formula is C19H24ClNO2. The number of ether oxygens (including phenoxy) is 2. The Morgan fingerprint density at radius 3 is 2.39 bits per heavy atom. The van der Waals surface area contributed by atoms with Crippen LogP contribution in [0, 0.1) is 0 Å². The van der Waals surface area contributed by atoms with Crippen molar-refractivity contribution in [2.24, 2.45) is 0 Å². The van der Waals surface area contributed by atoms with Crippen LogP contribution in [0.2, 0.25) is 5.02 Å². The van der Waals surface area contributed by atoms with Gasteiger partial charge in [0, 0.05) is 12.6 Å². The van der Waals surface area contributed by atoms with Crippen molar-refractivity contribution < 1.29 is 9.47 Å². The lowest BCUT2D eigenvalue weighted by Gasteiger charge is -2.25. The monoisotopic (exact) mass is 333 g/mol. The fourth-order valence-electron chi connectivity index (χ4n) is 2.60. The molecule has 23 heavy (non-hydrogen) atoms. The van der Waals surface area contributed by atoms with Crippen LogP contribution in [0.4, 0.5) is 0 Å². The molecule has 0 fully saturated rings. The molecule has 0 saturated heterocycles. The lowest BCUT2D eigenvalue weighted by Crippen LogP contribution is -2.30. The van der Waals surface area contributed by atoms with Gasteiger partial charge in [0.1, 0.15) is 11.5 Å². The average molecular weight is 334 g/mol. The zero-order valence-corrected chi connectivity index (χ0v) is 14.9. The van der Waals surface area contributed by atoms with Crippen LogP contribution in [0.15, 0.2) is 42.5 Å². The summed E-state index contributed by atoms with van der Waals surface area (Å²) >= 11 is 6.20. The predicted molar refractivity (Wildman–Crippen MR) is 95.6 cm³/mol. The van der Waals surface area contributed by atoms with Crippen LogP contribution in [-0.4, -0.2) is 32.2 Å². The minimum Gasteiger partial charge on any atom is -0.496 e. The number of methoxy groups -OCH3 is 2. The molecule has 0 aliphatic heterocycles. The van der Waals surface area contributed by atoms with Crippen LogP contribution in [0.25, 0.3) is 0 Å². The Morgan fingerprint density at radius 2 is 1.74 bits per heavy atom. The summed E-state index contributed by atoms with van der Waals surface area (Å²) in [5.74, 6) is 1.65. The van der Waals surface area contributed by atoms with E-state index in [1.165, 1.54) is 11.1 Å². The lowest BCUT2D eigenvalue weighted by atomic mass is 10.0. The van der Waals surface area contributed by atoms with Crippen LogP contribution in [0.3, 0.4) is 0 Å². The maximum absolute atomic E-state index is 6.20. The third kappa shape index (κ3) is 4.63. The molecule has 2 aromatic carbocycles. The van der Waals surface area contributed by atoms with Gasteiger partial charge in [-0.25, -0.2) is 0 Å². The molecule has 0 N–H and O–H groups in total. The molecule has 0 aliphatic carbocycles. The van der Waals surface area contributed by atoms with Crippen molar-refractivity contribution in [1.82, 2.24) is 4.90 Å². The van der Waals surface area contributed by atoms with E-state index < -0.39 is 0 Å². The second-order valence-electron chi connectivity index (χ2n) is 5.75. The van der Waals surface area contributed by atoms with Crippen molar-refractivity contribution >= 4 is 11.6 Å². The number of para-hydroxylation sites is 1. The Bertz CT molecular complexity index is 645. The number of rotatable bonds is 7. The van der Waals surface area contributed by atoms with Crippen LogP contribution < -0.4 is 9.47 Å². The fraction of sp³-hybridized carbons (Fsp3) is 0.368. The summed E-state index contributed by atoms with van der Waals surface area (Å²) in [5, 5.41) is 0.649. The summed E-state index contributed by atoms with van der Waals surface area (Å²) in [6.07, 6.45) is 0.935. The normalized spacial score (nSPS) is 12.3. The Hall–Kier alpha value is -1.71. The maximum Gasteiger partial charge on any atom is 0.137 e.